The van der Waals surface area contributed by atoms with Gasteiger partial charge in [0.15, 0.2) is 10.4 Å². The Kier molecular flexibility index (Phi) is 3.09. The molecule has 18 heavy (non-hydrogen) atoms. The number of hydrogen-bond acceptors (Lipinski definition) is 3. The number of hydrogen-bond donors (Lipinski definition) is 1. The van der Waals surface area contributed by atoms with Crippen molar-refractivity contribution in [3.8, 4) is 0 Å². The highest BCUT2D eigenvalue weighted by atomic mass is 79.9. The topological polar surface area (TPSA) is 33.6 Å². The van der Waals surface area contributed by atoms with E-state index in [-0.39, 0.29) is 6.04 Å². The van der Waals surface area contributed by atoms with Crippen LogP contribution >= 0.6 is 39.5 Å². The van der Waals surface area contributed by atoms with Gasteiger partial charge in [0.1, 0.15) is 0 Å². The van der Waals surface area contributed by atoms with E-state index in [1.807, 2.05) is 6.07 Å². The lowest BCUT2D eigenvalue weighted by molar-refractivity contribution is 0.646. The molecule has 3 nitrogen and oxygen atoms in total. The second-order valence-corrected chi connectivity index (χ2v) is 6.14. The lowest BCUT2D eigenvalue weighted by Gasteiger charge is -2.12. The van der Waals surface area contributed by atoms with Crippen LogP contribution in [0.15, 0.2) is 33.6 Å². The zero-order valence-electron chi connectivity index (χ0n) is 9.55. The van der Waals surface area contributed by atoms with Gasteiger partial charge < -0.3 is 4.98 Å². The van der Waals surface area contributed by atoms with Gasteiger partial charge in [0.2, 0.25) is 0 Å². The third-order valence-electron chi connectivity index (χ3n) is 2.93. The van der Waals surface area contributed by atoms with E-state index in [0.717, 1.165) is 15.6 Å². The fourth-order valence-electron chi connectivity index (χ4n) is 2.01. The van der Waals surface area contributed by atoms with Gasteiger partial charge in [-0.1, -0.05) is 0 Å². The molecule has 6 heteroatoms. The molecule has 3 aromatic heterocycles. The molecule has 1 N–H and O–H groups in total. The summed E-state index contributed by atoms with van der Waals surface area (Å²) >= 11 is 10.5. The molecule has 3 heterocycles. The van der Waals surface area contributed by atoms with Crippen molar-refractivity contribution < 1.29 is 0 Å². The van der Waals surface area contributed by atoms with E-state index in [9.17, 15) is 0 Å². The summed E-state index contributed by atoms with van der Waals surface area (Å²) in [5, 5.41) is 4.22. The van der Waals surface area contributed by atoms with Gasteiger partial charge in [0, 0.05) is 10.7 Å². The van der Waals surface area contributed by atoms with Crippen LogP contribution < -0.4 is 0 Å². The zero-order chi connectivity index (χ0) is 12.7. The molecule has 0 aromatic carbocycles. The maximum absolute atomic E-state index is 5.40. The van der Waals surface area contributed by atoms with Gasteiger partial charge in [-0.05, 0) is 63.5 Å². The van der Waals surface area contributed by atoms with Crippen LogP contribution in [-0.4, -0.2) is 14.5 Å². The van der Waals surface area contributed by atoms with Crippen LogP contribution in [0, 0.1) is 4.77 Å². The molecule has 0 aliphatic rings. The Labute approximate surface area is 122 Å². The number of rotatable bonds is 2. The molecule has 1 unspecified atom stereocenters. The normalized spacial score (nSPS) is 13.0. The van der Waals surface area contributed by atoms with Crippen LogP contribution in [0.4, 0.5) is 0 Å². The lowest BCUT2D eigenvalue weighted by Crippen LogP contribution is -2.06. The summed E-state index contributed by atoms with van der Waals surface area (Å²) in [7, 11) is 0. The van der Waals surface area contributed by atoms with Crippen molar-refractivity contribution in [3.63, 3.8) is 0 Å². The number of H-pyrrole nitrogens is 1. The molecule has 0 amide bonds. The van der Waals surface area contributed by atoms with Gasteiger partial charge in [-0.3, -0.25) is 4.57 Å². The van der Waals surface area contributed by atoms with Gasteiger partial charge in [-0.25, -0.2) is 4.98 Å². The molecule has 0 fully saturated rings. The first kappa shape index (κ1) is 12.1. The van der Waals surface area contributed by atoms with Crippen LogP contribution in [0.1, 0.15) is 18.5 Å². The number of nitrogens with zero attached hydrogens (tertiary/aromatic N) is 2. The molecule has 0 aliphatic carbocycles. The molecule has 1 atom stereocenters. The fraction of sp³-hybridized carbons (Fsp3) is 0.167. The first-order valence-electron chi connectivity index (χ1n) is 5.44. The molecule has 0 aliphatic heterocycles. The van der Waals surface area contributed by atoms with Crippen molar-refractivity contribution >= 4 is 50.6 Å². The van der Waals surface area contributed by atoms with E-state index in [2.05, 4.69) is 54.2 Å². The summed E-state index contributed by atoms with van der Waals surface area (Å²) in [5.41, 5.74) is 3.10. The Balaban J connectivity index is 2.23. The Morgan fingerprint density at radius 2 is 2.39 bits per heavy atom. The van der Waals surface area contributed by atoms with Crippen molar-refractivity contribution in [1.82, 2.24) is 14.5 Å². The van der Waals surface area contributed by atoms with Crippen LogP contribution in [-0.2, 0) is 0 Å². The Morgan fingerprint density at radius 1 is 1.56 bits per heavy atom. The molecule has 3 aromatic rings. The Hall–Kier alpha value is -0.980. The van der Waals surface area contributed by atoms with E-state index in [1.54, 1.807) is 17.5 Å². The van der Waals surface area contributed by atoms with Crippen molar-refractivity contribution in [1.29, 1.82) is 0 Å². The molecule has 0 radical (unpaired) electrons. The van der Waals surface area contributed by atoms with Gasteiger partial charge in [-0.15, -0.1) is 0 Å². The largest absolute Gasteiger partial charge is 0.329 e. The predicted octanol–water partition coefficient (Wildman–Crippen LogP) is 4.53. The monoisotopic (exact) mass is 339 g/mol. The fourth-order valence-corrected chi connectivity index (χ4v) is 3.44. The number of aromatic amines is 1. The average molecular weight is 340 g/mol. The number of imidazole rings is 1. The lowest BCUT2D eigenvalue weighted by atomic mass is 10.2. The first-order valence-corrected chi connectivity index (χ1v) is 7.59. The van der Waals surface area contributed by atoms with Gasteiger partial charge >= 0.3 is 0 Å². The minimum absolute atomic E-state index is 0.186. The second-order valence-electron chi connectivity index (χ2n) is 4.06. The molecule has 0 spiro atoms. The van der Waals surface area contributed by atoms with Gasteiger partial charge in [0.05, 0.1) is 11.6 Å². The summed E-state index contributed by atoms with van der Waals surface area (Å²) < 4.78 is 3.70. The molecular formula is C12H10BrN3S2. The minimum Gasteiger partial charge on any atom is -0.329 e. The number of aromatic nitrogens is 3. The zero-order valence-corrected chi connectivity index (χ0v) is 12.8. The van der Waals surface area contributed by atoms with Crippen molar-refractivity contribution in [2.45, 2.75) is 13.0 Å². The molecule has 92 valence electrons. The maximum Gasteiger partial charge on any atom is 0.179 e. The number of pyridine rings is 1. The van der Waals surface area contributed by atoms with E-state index in [1.165, 1.54) is 5.56 Å². The standard InChI is InChI=1S/C12H10BrN3S2/c1-7(8-2-3-18-6-8)16-11-10(15-12(16)17)4-9(13)5-14-11/h2-7H,1H3,(H,15,17). The van der Waals surface area contributed by atoms with Crippen LogP contribution in [0.25, 0.3) is 11.2 Å². The highest BCUT2D eigenvalue weighted by Crippen LogP contribution is 2.25. The number of nitrogens with one attached hydrogen (secondary N) is 1. The molecule has 0 bridgehead atoms. The first-order chi connectivity index (χ1) is 8.66. The Morgan fingerprint density at radius 3 is 3.11 bits per heavy atom. The third-order valence-corrected chi connectivity index (χ3v) is 4.37. The molecule has 0 saturated heterocycles. The second kappa shape index (κ2) is 4.60. The van der Waals surface area contributed by atoms with E-state index >= 15 is 0 Å². The quantitative estimate of drug-likeness (QED) is 0.696. The summed E-state index contributed by atoms with van der Waals surface area (Å²) in [5.74, 6) is 0. The Bertz CT molecular complexity index is 742. The highest BCUT2D eigenvalue weighted by Gasteiger charge is 2.14. The smallest absolute Gasteiger partial charge is 0.179 e. The molecule has 0 saturated carbocycles. The predicted molar refractivity (Wildman–Crippen MR) is 80.7 cm³/mol. The maximum atomic E-state index is 5.40. The molecule has 3 rings (SSSR count). The van der Waals surface area contributed by atoms with E-state index < -0.39 is 0 Å². The van der Waals surface area contributed by atoms with Crippen LogP contribution in [0.3, 0.4) is 0 Å². The van der Waals surface area contributed by atoms with Crippen molar-refractivity contribution in [2.75, 3.05) is 0 Å². The summed E-state index contributed by atoms with van der Waals surface area (Å²) in [6, 6.07) is 4.30. The van der Waals surface area contributed by atoms with E-state index in [4.69, 9.17) is 12.2 Å². The van der Waals surface area contributed by atoms with Crippen molar-refractivity contribution in [2.24, 2.45) is 0 Å². The van der Waals surface area contributed by atoms with E-state index in [0.29, 0.717) is 4.77 Å². The summed E-state index contributed by atoms with van der Waals surface area (Å²) in [6.07, 6.45) is 1.79. The number of halogens is 1. The molecular weight excluding hydrogens is 330 g/mol. The van der Waals surface area contributed by atoms with Gasteiger partial charge in [-0.2, -0.15) is 11.3 Å². The number of fused-ring (bicyclic) bond motifs is 1. The number of thiophene rings is 1. The van der Waals surface area contributed by atoms with Crippen LogP contribution in [0.5, 0.6) is 0 Å². The summed E-state index contributed by atoms with van der Waals surface area (Å²) in [4.78, 5) is 7.65. The highest BCUT2D eigenvalue weighted by molar-refractivity contribution is 9.10. The third kappa shape index (κ3) is 1.94. The van der Waals surface area contributed by atoms with Gasteiger partial charge in [0.25, 0.3) is 0 Å². The SMILES string of the molecule is CC(c1ccsc1)n1c(=S)[nH]c2cc(Br)cnc21. The average Bonchev–Trinajstić information content (AvgIpc) is 2.94. The minimum atomic E-state index is 0.186. The van der Waals surface area contributed by atoms with Crippen molar-refractivity contribution in [3.05, 3.63) is 43.9 Å². The summed E-state index contributed by atoms with van der Waals surface area (Å²) in [6.45, 7) is 2.13. The van der Waals surface area contributed by atoms with Crippen LogP contribution in [0.2, 0.25) is 0 Å².